The average molecular weight is 328 g/mol. The Morgan fingerprint density at radius 1 is 1.25 bits per heavy atom. The fourth-order valence-corrected chi connectivity index (χ4v) is 4.18. The second-order valence-corrected chi connectivity index (χ2v) is 8.66. The number of carbonyl (C=O) groups is 1. The van der Waals surface area contributed by atoms with E-state index in [-0.39, 0.29) is 6.09 Å². The largest absolute Gasteiger partial charge is 0.444 e. The molecule has 2 aliphatic heterocycles. The van der Waals surface area contributed by atoms with E-state index in [0.29, 0.717) is 6.54 Å². The molecule has 3 aliphatic rings. The van der Waals surface area contributed by atoms with Gasteiger partial charge in [0.1, 0.15) is 5.60 Å². The lowest BCUT2D eigenvalue weighted by molar-refractivity contribution is 0.0223. The van der Waals surface area contributed by atoms with Crippen LogP contribution >= 0.6 is 0 Å². The van der Waals surface area contributed by atoms with Gasteiger partial charge in [-0.05, 0) is 62.1 Å². The molecule has 0 bridgehead atoms. The van der Waals surface area contributed by atoms with Crippen molar-refractivity contribution in [2.24, 2.45) is 11.8 Å². The molecular formula is C20H28N2O2. The van der Waals surface area contributed by atoms with E-state index in [1.165, 1.54) is 36.2 Å². The van der Waals surface area contributed by atoms with Crippen molar-refractivity contribution in [1.29, 1.82) is 0 Å². The Hall–Kier alpha value is -1.55. The maximum Gasteiger partial charge on any atom is 0.410 e. The fourth-order valence-electron chi connectivity index (χ4n) is 4.18. The summed E-state index contributed by atoms with van der Waals surface area (Å²) < 4.78 is 5.53. The summed E-state index contributed by atoms with van der Waals surface area (Å²) in [6.07, 6.45) is 2.19. The molecule has 2 unspecified atom stereocenters. The van der Waals surface area contributed by atoms with Crippen molar-refractivity contribution in [3.05, 3.63) is 34.9 Å². The van der Waals surface area contributed by atoms with E-state index in [2.05, 4.69) is 23.1 Å². The van der Waals surface area contributed by atoms with Crippen molar-refractivity contribution in [2.45, 2.75) is 52.3 Å². The molecule has 2 atom stereocenters. The molecule has 1 aliphatic carbocycles. The quantitative estimate of drug-likeness (QED) is 0.834. The first-order chi connectivity index (χ1) is 11.4. The summed E-state index contributed by atoms with van der Waals surface area (Å²) in [5.41, 5.74) is 3.76. The van der Waals surface area contributed by atoms with Gasteiger partial charge in [0.25, 0.3) is 0 Å². The summed E-state index contributed by atoms with van der Waals surface area (Å²) in [5.74, 6) is 1.96. The van der Waals surface area contributed by atoms with Gasteiger partial charge in [-0.15, -0.1) is 0 Å². The molecule has 1 saturated heterocycles. The first kappa shape index (κ1) is 15.9. The van der Waals surface area contributed by atoms with Gasteiger partial charge in [0, 0.05) is 32.7 Å². The fraction of sp³-hybridized carbons (Fsp3) is 0.650. The van der Waals surface area contributed by atoms with E-state index in [0.717, 1.165) is 31.3 Å². The number of likely N-dealkylation sites (tertiary alicyclic amines) is 1. The van der Waals surface area contributed by atoms with E-state index in [1.54, 1.807) is 0 Å². The Labute approximate surface area is 144 Å². The van der Waals surface area contributed by atoms with Crippen LogP contribution in [0.1, 0.15) is 43.9 Å². The van der Waals surface area contributed by atoms with Gasteiger partial charge in [-0.1, -0.05) is 18.2 Å². The molecular weight excluding hydrogens is 300 g/mol. The number of hydrogen-bond acceptors (Lipinski definition) is 3. The Bertz CT molecular complexity index is 640. The molecule has 1 saturated carbocycles. The number of fused-ring (bicyclic) bond motifs is 2. The Morgan fingerprint density at radius 2 is 2.00 bits per heavy atom. The summed E-state index contributed by atoms with van der Waals surface area (Å²) in [4.78, 5) is 16.8. The van der Waals surface area contributed by atoms with Crippen LogP contribution in [0.25, 0.3) is 0 Å². The van der Waals surface area contributed by atoms with Crippen molar-refractivity contribution in [3.63, 3.8) is 0 Å². The predicted molar refractivity (Wildman–Crippen MR) is 93.7 cm³/mol. The molecule has 2 fully saturated rings. The minimum Gasteiger partial charge on any atom is -0.444 e. The van der Waals surface area contributed by atoms with E-state index < -0.39 is 5.60 Å². The van der Waals surface area contributed by atoms with E-state index in [4.69, 9.17) is 4.74 Å². The first-order valence-electron chi connectivity index (χ1n) is 9.19. The second-order valence-electron chi connectivity index (χ2n) is 8.66. The zero-order valence-corrected chi connectivity index (χ0v) is 15.0. The number of nitrogens with zero attached hydrogens (tertiary/aromatic N) is 2. The second kappa shape index (κ2) is 5.76. The minimum absolute atomic E-state index is 0.196. The molecule has 4 heteroatoms. The zero-order chi connectivity index (χ0) is 16.9. The number of ether oxygens (including phenoxy) is 1. The monoisotopic (exact) mass is 328 g/mol. The predicted octanol–water partition coefficient (Wildman–Crippen LogP) is 3.43. The highest BCUT2D eigenvalue weighted by molar-refractivity contribution is 5.68. The van der Waals surface area contributed by atoms with Crippen LogP contribution < -0.4 is 0 Å². The zero-order valence-electron chi connectivity index (χ0n) is 15.0. The maximum atomic E-state index is 12.3. The molecule has 0 radical (unpaired) electrons. The van der Waals surface area contributed by atoms with Crippen LogP contribution in [0.3, 0.4) is 0 Å². The summed E-state index contributed by atoms with van der Waals surface area (Å²) in [6, 6.07) is 6.58. The van der Waals surface area contributed by atoms with Gasteiger partial charge in [-0.3, -0.25) is 4.90 Å². The molecule has 0 spiro atoms. The molecule has 24 heavy (non-hydrogen) atoms. The molecule has 0 aromatic heterocycles. The first-order valence-corrected chi connectivity index (χ1v) is 9.19. The summed E-state index contributed by atoms with van der Waals surface area (Å²) in [6.45, 7) is 10.8. The summed E-state index contributed by atoms with van der Waals surface area (Å²) in [5, 5.41) is 0. The lowest BCUT2D eigenvalue weighted by atomic mass is 9.94. The minimum atomic E-state index is -0.435. The van der Waals surface area contributed by atoms with E-state index >= 15 is 0 Å². The van der Waals surface area contributed by atoms with Crippen LogP contribution in [0.2, 0.25) is 0 Å². The molecule has 4 rings (SSSR count). The number of benzene rings is 1. The van der Waals surface area contributed by atoms with Crippen molar-refractivity contribution in [3.8, 4) is 0 Å². The van der Waals surface area contributed by atoms with Gasteiger partial charge in [0.2, 0.25) is 0 Å². The molecule has 1 aromatic carbocycles. The van der Waals surface area contributed by atoms with Crippen LogP contribution in [0, 0.1) is 11.8 Å². The van der Waals surface area contributed by atoms with Gasteiger partial charge >= 0.3 is 6.09 Å². The van der Waals surface area contributed by atoms with Gasteiger partial charge in [-0.2, -0.15) is 0 Å². The van der Waals surface area contributed by atoms with Crippen molar-refractivity contribution in [2.75, 3.05) is 19.6 Å². The van der Waals surface area contributed by atoms with Crippen LogP contribution in [-0.4, -0.2) is 41.1 Å². The molecule has 2 heterocycles. The molecule has 0 N–H and O–H groups in total. The Kier molecular flexibility index (Phi) is 3.83. The third kappa shape index (κ3) is 3.30. The van der Waals surface area contributed by atoms with Crippen molar-refractivity contribution in [1.82, 2.24) is 9.80 Å². The highest BCUT2D eigenvalue weighted by Gasteiger charge is 2.44. The molecule has 4 nitrogen and oxygen atoms in total. The average Bonchev–Trinajstić information content (AvgIpc) is 3.12. The third-order valence-corrected chi connectivity index (χ3v) is 5.46. The van der Waals surface area contributed by atoms with Crippen LogP contribution in [0.15, 0.2) is 18.2 Å². The number of amides is 1. The maximum absolute atomic E-state index is 12.3. The van der Waals surface area contributed by atoms with Crippen LogP contribution in [-0.2, 0) is 24.2 Å². The highest BCUT2D eigenvalue weighted by Crippen LogP contribution is 2.45. The number of rotatable bonds is 2. The van der Waals surface area contributed by atoms with Gasteiger partial charge in [0.15, 0.2) is 0 Å². The molecule has 1 amide bonds. The van der Waals surface area contributed by atoms with Crippen LogP contribution in [0.5, 0.6) is 0 Å². The summed E-state index contributed by atoms with van der Waals surface area (Å²) in [7, 11) is 0. The van der Waals surface area contributed by atoms with Crippen LogP contribution in [0.4, 0.5) is 4.79 Å². The van der Waals surface area contributed by atoms with Gasteiger partial charge in [-0.25, -0.2) is 4.79 Å². The smallest absolute Gasteiger partial charge is 0.410 e. The van der Waals surface area contributed by atoms with Gasteiger partial charge < -0.3 is 9.64 Å². The van der Waals surface area contributed by atoms with E-state index in [1.807, 2.05) is 25.7 Å². The number of hydrogen-bond donors (Lipinski definition) is 0. The normalized spacial score (nSPS) is 26.0. The number of carbonyl (C=O) groups excluding carboxylic acids is 1. The SMILES string of the molecule is CC(C)(C)OC(=O)N1CCc2c(CN3CC4CC4C3)cccc2C1. The molecule has 1 aromatic rings. The lowest BCUT2D eigenvalue weighted by Gasteiger charge is -2.32. The molecule has 130 valence electrons. The third-order valence-electron chi connectivity index (χ3n) is 5.46. The van der Waals surface area contributed by atoms with Crippen molar-refractivity contribution < 1.29 is 9.53 Å². The topological polar surface area (TPSA) is 32.8 Å². The Morgan fingerprint density at radius 3 is 2.71 bits per heavy atom. The Balaban J connectivity index is 1.44. The van der Waals surface area contributed by atoms with Gasteiger partial charge in [0.05, 0.1) is 0 Å². The standard InChI is InChI=1S/C20H28N2O2/c1-20(2,3)24-19(23)22-8-7-18-14(5-4-6-15(18)13-22)10-21-11-16-9-17(16)12-21/h4-6,16-17H,7-13H2,1-3H3. The lowest BCUT2D eigenvalue weighted by Crippen LogP contribution is -2.40. The van der Waals surface area contributed by atoms with E-state index in [9.17, 15) is 4.79 Å². The summed E-state index contributed by atoms with van der Waals surface area (Å²) >= 11 is 0. The number of piperidine rings is 1. The van der Waals surface area contributed by atoms with Crippen molar-refractivity contribution >= 4 is 6.09 Å². The highest BCUT2D eigenvalue weighted by atomic mass is 16.6.